The van der Waals surface area contributed by atoms with E-state index >= 15 is 0 Å². The number of hydrogen-bond donors (Lipinski definition) is 2. The molecule has 2 rings (SSSR count). The summed E-state index contributed by atoms with van der Waals surface area (Å²) in [6.45, 7) is 1.29. The number of Topliss-reactive ketones (excluding diaryl/α,β-unsaturated/α-hetero) is 1. The molecular formula is C15H12FNO5S. The second kappa shape index (κ2) is 6.17. The molecule has 0 aliphatic rings. The monoisotopic (exact) mass is 337 g/mol. The van der Waals surface area contributed by atoms with Crippen LogP contribution in [0.5, 0.6) is 0 Å². The highest BCUT2D eigenvalue weighted by atomic mass is 32.2. The molecule has 8 heteroatoms. The first-order chi connectivity index (χ1) is 10.7. The summed E-state index contributed by atoms with van der Waals surface area (Å²) >= 11 is 0. The van der Waals surface area contributed by atoms with E-state index in [1.807, 2.05) is 4.72 Å². The quantitative estimate of drug-likeness (QED) is 0.817. The average Bonchev–Trinajstić information content (AvgIpc) is 2.46. The van der Waals surface area contributed by atoms with Crippen molar-refractivity contribution in [3.8, 4) is 0 Å². The van der Waals surface area contributed by atoms with E-state index in [1.54, 1.807) is 0 Å². The van der Waals surface area contributed by atoms with Crippen LogP contribution in [-0.4, -0.2) is 25.3 Å². The third-order valence-corrected chi connectivity index (χ3v) is 4.39. The number of benzene rings is 2. The minimum atomic E-state index is -4.17. The van der Waals surface area contributed by atoms with E-state index < -0.39 is 33.1 Å². The van der Waals surface area contributed by atoms with Crippen molar-refractivity contribution in [2.24, 2.45) is 0 Å². The van der Waals surface area contributed by atoms with Crippen LogP contribution in [0.25, 0.3) is 0 Å². The van der Waals surface area contributed by atoms with Crippen molar-refractivity contribution < 1.29 is 27.5 Å². The first-order valence-electron chi connectivity index (χ1n) is 6.38. The van der Waals surface area contributed by atoms with E-state index in [9.17, 15) is 22.4 Å². The van der Waals surface area contributed by atoms with Gasteiger partial charge in [0.2, 0.25) is 0 Å². The van der Waals surface area contributed by atoms with E-state index in [1.165, 1.54) is 31.2 Å². The van der Waals surface area contributed by atoms with Gasteiger partial charge in [-0.2, -0.15) is 0 Å². The maximum atomic E-state index is 13.6. The highest BCUT2D eigenvalue weighted by Crippen LogP contribution is 2.23. The van der Waals surface area contributed by atoms with Crippen LogP contribution in [0.15, 0.2) is 47.4 Å². The van der Waals surface area contributed by atoms with E-state index in [0.29, 0.717) is 0 Å². The Kier molecular flexibility index (Phi) is 4.46. The molecule has 120 valence electrons. The van der Waals surface area contributed by atoms with Gasteiger partial charge in [-0.25, -0.2) is 17.6 Å². The minimum Gasteiger partial charge on any atom is -0.478 e. The largest absolute Gasteiger partial charge is 0.478 e. The molecule has 0 saturated heterocycles. The standard InChI is InChI=1S/C15H12FNO5S/c1-9(18)10-4-2-5-11(8-10)23(21,22)17-13-7-3-6-12(16)14(13)15(19)20/h2-8,17H,1H3,(H,19,20). The topological polar surface area (TPSA) is 101 Å². The lowest BCUT2D eigenvalue weighted by molar-refractivity contribution is 0.0693. The molecule has 0 radical (unpaired) electrons. The molecule has 0 fully saturated rings. The zero-order valence-corrected chi connectivity index (χ0v) is 12.7. The second-order valence-corrected chi connectivity index (χ2v) is 6.34. The number of sulfonamides is 1. The zero-order valence-electron chi connectivity index (χ0n) is 11.9. The number of nitrogens with one attached hydrogen (secondary N) is 1. The third kappa shape index (κ3) is 3.54. The number of halogens is 1. The molecule has 2 N–H and O–H groups in total. The van der Waals surface area contributed by atoms with Crippen molar-refractivity contribution in [1.82, 2.24) is 0 Å². The third-order valence-electron chi connectivity index (χ3n) is 3.02. The van der Waals surface area contributed by atoms with Gasteiger partial charge in [-0.15, -0.1) is 0 Å². The number of carboxylic acid groups (broad SMARTS) is 1. The Labute approximate surface area is 131 Å². The molecule has 2 aromatic rings. The predicted octanol–water partition coefficient (Wildman–Crippen LogP) is 2.53. The number of ketones is 1. The molecule has 0 amide bonds. The van der Waals surface area contributed by atoms with Crippen LogP contribution in [-0.2, 0) is 10.0 Å². The molecule has 0 heterocycles. The lowest BCUT2D eigenvalue weighted by Gasteiger charge is -2.11. The Hall–Kier alpha value is -2.74. The van der Waals surface area contributed by atoms with Crippen molar-refractivity contribution in [1.29, 1.82) is 0 Å². The summed E-state index contributed by atoms with van der Waals surface area (Å²) in [7, 11) is -4.17. The van der Waals surface area contributed by atoms with Gasteiger partial charge in [-0.05, 0) is 31.2 Å². The van der Waals surface area contributed by atoms with Gasteiger partial charge >= 0.3 is 5.97 Å². The van der Waals surface area contributed by atoms with Gasteiger partial charge in [0.05, 0.1) is 10.6 Å². The lowest BCUT2D eigenvalue weighted by Crippen LogP contribution is -2.16. The van der Waals surface area contributed by atoms with Crippen LogP contribution in [0.1, 0.15) is 27.6 Å². The molecule has 0 aliphatic heterocycles. The molecule has 0 atom stereocenters. The van der Waals surface area contributed by atoms with Gasteiger partial charge < -0.3 is 5.11 Å². The lowest BCUT2D eigenvalue weighted by atomic mass is 10.2. The Bertz CT molecular complexity index is 892. The van der Waals surface area contributed by atoms with Crippen LogP contribution in [0.3, 0.4) is 0 Å². The zero-order chi connectivity index (χ0) is 17.2. The van der Waals surface area contributed by atoms with Gasteiger partial charge in [0.25, 0.3) is 10.0 Å². The van der Waals surface area contributed by atoms with Gasteiger partial charge in [0, 0.05) is 5.56 Å². The summed E-state index contributed by atoms with van der Waals surface area (Å²) < 4.78 is 40.3. The van der Waals surface area contributed by atoms with E-state index in [0.717, 1.165) is 18.2 Å². The summed E-state index contributed by atoms with van der Waals surface area (Å²) in [6, 6.07) is 8.47. The number of aromatic carboxylic acids is 1. The summed E-state index contributed by atoms with van der Waals surface area (Å²) in [5.41, 5.74) is -0.991. The molecule has 0 aromatic heterocycles. The summed E-state index contributed by atoms with van der Waals surface area (Å²) in [4.78, 5) is 22.2. The fourth-order valence-electron chi connectivity index (χ4n) is 1.91. The number of carbonyl (C=O) groups is 2. The van der Waals surface area contributed by atoms with Gasteiger partial charge in [-0.1, -0.05) is 18.2 Å². The molecular weight excluding hydrogens is 325 g/mol. The molecule has 23 heavy (non-hydrogen) atoms. The molecule has 2 aromatic carbocycles. The Morgan fingerprint density at radius 1 is 1.13 bits per heavy atom. The molecule has 0 aliphatic carbocycles. The molecule has 0 unspecified atom stereocenters. The molecule has 0 saturated carbocycles. The minimum absolute atomic E-state index is 0.186. The molecule has 0 spiro atoms. The first-order valence-corrected chi connectivity index (χ1v) is 7.86. The summed E-state index contributed by atoms with van der Waals surface area (Å²) in [5, 5.41) is 9.01. The Balaban J connectivity index is 2.48. The van der Waals surface area contributed by atoms with E-state index in [-0.39, 0.29) is 16.2 Å². The Morgan fingerprint density at radius 3 is 2.39 bits per heavy atom. The highest BCUT2D eigenvalue weighted by molar-refractivity contribution is 7.92. The van der Waals surface area contributed by atoms with Gasteiger partial charge in [0.1, 0.15) is 11.4 Å². The van der Waals surface area contributed by atoms with Gasteiger partial charge in [0.15, 0.2) is 5.78 Å². The Morgan fingerprint density at radius 2 is 1.78 bits per heavy atom. The number of rotatable bonds is 5. The van der Waals surface area contributed by atoms with Crippen molar-refractivity contribution in [2.45, 2.75) is 11.8 Å². The van der Waals surface area contributed by atoms with Crippen LogP contribution < -0.4 is 4.72 Å². The van der Waals surface area contributed by atoms with Crippen LogP contribution in [0.4, 0.5) is 10.1 Å². The van der Waals surface area contributed by atoms with Crippen LogP contribution in [0, 0.1) is 5.82 Å². The maximum Gasteiger partial charge on any atom is 0.340 e. The van der Waals surface area contributed by atoms with Crippen molar-refractivity contribution in [3.63, 3.8) is 0 Å². The number of hydrogen-bond acceptors (Lipinski definition) is 4. The van der Waals surface area contributed by atoms with E-state index in [4.69, 9.17) is 5.11 Å². The van der Waals surface area contributed by atoms with E-state index in [2.05, 4.69) is 0 Å². The predicted molar refractivity (Wildman–Crippen MR) is 80.6 cm³/mol. The number of carbonyl (C=O) groups excluding carboxylic acids is 1. The second-order valence-electron chi connectivity index (χ2n) is 4.66. The average molecular weight is 337 g/mol. The van der Waals surface area contributed by atoms with Crippen LogP contribution >= 0.6 is 0 Å². The summed E-state index contributed by atoms with van der Waals surface area (Å²) in [6.07, 6.45) is 0. The smallest absolute Gasteiger partial charge is 0.340 e. The molecule has 6 nitrogen and oxygen atoms in total. The number of carboxylic acids is 1. The van der Waals surface area contributed by atoms with Gasteiger partial charge in [-0.3, -0.25) is 9.52 Å². The van der Waals surface area contributed by atoms with Crippen LogP contribution in [0.2, 0.25) is 0 Å². The maximum absolute atomic E-state index is 13.6. The van der Waals surface area contributed by atoms with Crippen molar-refractivity contribution in [2.75, 3.05) is 4.72 Å². The SMILES string of the molecule is CC(=O)c1cccc(S(=O)(=O)Nc2cccc(F)c2C(=O)O)c1. The fraction of sp³-hybridized carbons (Fsp3) is 0.0667. The van der Waals surface area contributed by atoms with Crippen molar-refractivity contribution in [3.05, 3.63) is 59.4 Å². The highest BCUT2D eigenvalue weighted by Gasteiger charge is 2.21. The first kappa shape index (κ1) is 16.6. The fourth-order valence-corrected chi connectivity index (χ4v) is 3.03. The normalized spacial score (nSPS) is 11.0. The molecule has 0 bridgehead atoms. The number of anilines is 1. The summed E-state index contributed by atoms with van der Waals surface area (Å²) in [5.74, 6) is -2.98. The van der Waals surface area contributed by atoms with Crippen molar-refractivity contribution >= 4 is 27.5 Å².